The Labute approximate surface area is 170 Å². The van der Waals surface area contributed by atoms with Crippen LogP contribution < -0.4 is 5.32 Å². The molecule has 7 nitrogen and oxygen atoms in total. The maximum absolute atomic E-state index is 10.9. The second-order valence-electron chi connectivity index (χ2n) is 7.84. The third-order valence-corrected chi connectivity index (χ3v) is 4.43. The number of pyridine rings is 1. The quantitative estimate of drug-likeness (QED) is 0.554. The molecule has 0 aliphatic heterocycles. The molecular weight excluding hydrogens is 364 g/mol. The molecule has 1 N–H and O–H groups in total. The lowest BCUT2D eigenvalue weighted by Gasteiger charge is -2.01. The number of anilines is 1. The number of carbonyl (C=O) groups is 1. The summed E-state index contributed by atoms with van der Waals surface area (Å²) in [7, 11) is 0. The Bertz CT molecular complexity index is 1140. The van der Waals surface area contributed by atoms with Crippen molar-refractivity contribution in [2.75, 3.05) is 5.32 Å². The number of amides is 1. The van der Waals surface area contributed by atoms with Crippen molar-refractivity contribution in [2.45, 2.75) is 53.4 Å². The van der Waals surface area contributed by atoms with Gasteiger partial charge in [-0.2, -0.15) is 0 Å². The van der Waals surface area contributed by atoms with E-state index in [0.717, 1.165) is 34.1 Å². The standard InChI is InChI=1S/C12H15N3O.C10H13N3/c1-8(2)11-7-15-6-10(13-9(3)16)4-5-12(15)14-11;1-7(2)9-6-13-5-8(3)4-11-10(13)12-9/h4-8H,1-3H3,(H,13,16);4-7H,1-3H3. The molecule has 0 unspecified atom stereocenters. The summed E-state index contributed by atoms with van der Waals surface area (Å²) in [5, 5.41) is 2.75. The van der Waals surface area contributed by atoms with Gasteiger partial charge in [0.1, 0.15) is 5.65 Å². The first-order valence-corrected chi connectivity index (χ1v) is 9.80. The molecule has 0 aliphatic carbocycles. The van der Waals surface area contributed by atoms with Crippen LogP contribution in [0, 0.1) is 6.92 Å². The highest BCUT2D eigenvalue weighted by Crippen LogP contribution is 2.17. The van der Waals surface area contributed by atoms with Gasteiger partial charge in [0, 0.05) is 37.9 Å². The van der Waals surface area contributed by atoms with Crippen LogP contribution >= 0.6 is 0 Å². The molecule has 152 valence electrons. The summed E-state index contributed by atoms with van der Waals surface area (Å²) in [6.45, 7) is 12.0. The topological polar surface area (TPSA) is 76.6 Å². The van der Waals surface area contributed by atoms with Crippen molar-refractivity contribution < 1.29 is 4.79 Å². The van der Waals surface area contributed by atoms with E-state index in [9.17, 15) is 4.79 Å². The van der Waals surface area contributed by atoms with E-state index >= 15 is 0 Å². The SMILES string of the molecule is CC(=O)Nc1ccc2nc(C(C)C)cn2c1.Cc1cnc2nc(C(C)C)cn2c1. The normalized spacial score (nSPS) is 11.2. The summed E-state index contributed by atoms with van der Waals surface area (Å²) in [4.78, 5) is 24.1. The molecule has 1 amide bonds. The minimum absolute atomic E-state index is 0.0662. The molecule has 0 spiro atoms. The van der Waals surface area contributed by atoms with Crippen LogP contribution in [0.3, 0.4) is 0 Å². The fourth-order valence-electron chi connectivity index (χ4n) is 2.85. The van der Waals surface area contributed by atoms with Gasteiger partial charge in [-0.25, -0.2) is 15.0 Å². The number of aryl methyl sites for hydroxylation is 1. The molecule has 4 aromatic heterocycles. The highest BCUT2D eigenvalue weighted by atomic mass is 16.1. The van der Waals surface area contributed by atoms with E-state index in [0.29, 0.717) is 11.8 Å². The number of imidazole rings is 2. The molecule has 29 heavy (non-hydrogen) atoms. The molecule has 0 atom stereocenters. The minimum Gasteiger partial charge on any atom is -0.325 e. The number of hydrogen-bond acceptors (Lipinski definition) is 4. The number of nitrogens with one attached hydrogen (secondary N) is 1. The third kappa shape index (κ3) is 4.99. The Hall–Kier alpha value is -3.22. The molecule has 0 bridgehead atoms. The van der Waals surface area contributed by atoms with Gasteiger partial charge < -0.3 is 9.72 Å². The highest BCUT2D eigenvalue weighted by Gasteiger charge is 2.06. The average molecular weight is 393 g/mol. The number of carbonyl (C=O) groups excluding carboxylic acids is 1. The van der Waals surface area contributed by atoms with Crippen LogP contribution in [0.2, 0.25) is 0 Å². The summed E-state index contributed by atoms with van der Waals surface area (Å²) in [5.74, 6) is 1.59. The van der Waals surface area contributed by atoms with Crippen molar-refractivity contribution >= 4 is 23.0 Å². The lowest BCUT2D eigenvalue weighted by molar-refractivity contribution is -0.114. The zero-order valence-corrected chi connectivity index (χ0v) is 17.8. The number of rotatable bonds is 3. The predicted octanol–water partition coefficient (Wildman–Crippen LogP) is 4.58. The lowest BCUT2D eigenvalue weighted by Crippen LogP contribution is -2.06. The van der Waals surface area contributed by atoms with Crippen LogP contribution in [0.1, 0.15) is 63.4 Å². The molecule has 4 rings (SSSR count). The molecular formula is C22H28N6O. The average Bonchev–Trinajstić information content (AvgIpc) is 3.25. The molecule has 0 radical (unpaired) electrons. The third-order valence-electron chi connectivity index (χ3n) is 4.43. The second-order valence-corrected chi connectivity index (χ2v) is 7.84. The molecule has 7 heteroatoms. The van der Waals surface area contributed by atoms with Gasteiger partial charge in [-0.1, -0.05) is 27.7 Å². The van der Waals surface area contributed by atoms with Gasteiger partial charge in [0.15, 0.2) is 0 Å². The van der Waals surface area contributed by atoms with Gasteiger partial charge in [-0.15, -0.1) is 0 Å². The maximum atomic E-state index is 10.9. The molecule has 0 aliphatic rings. The van der Waals surface area contributed by atoms with Crippen molar-refractivity contribution in [3.8, 4) is 0 Å². The van der Waals surface area contributed by atoms with E-state index in [1.807, 2.05) is 58.8 Å². The van der Waals surface area contributed by atoms with Crippen LogP contribution in [-0.2, 0) is 4.79 Å². The predicted molar refractivity (Wildman–Crippen MR) is 115 cm³/mol. The van der Waals surface area contributed by atoms with Crippen LogP contribution in [0.5, 0.6) is 0 Å². The van der Waals surface area contributed by atoms with Crippen molar-refractivity contribution in [3.05, 3.63) is 60.1 Å². The summed E-state index contributed by atoms with van der Waals surface area (Å²) < 4.78 is 3.91. The first-order chi connectivity index (χ1) is 13.7. The highest BCUT2D eigenvalue weighted by molar-refractivity contribution is 5.88. The van der Waals surface area contributed by atoms with Gasteiger partial charge in [0.05, 0.1) is 17.1 Å². The van der Waals surface area contributed by atoms with Gasteiger partial charge in [0.2, 0.25) is 11.7 Å². The molecule has 0 fully saturated rings. The minimum atomic E-state index is -0.0662. The van der Waals surface area contributed by atoms with Crippen molar-refractivity contribution in [3.63, 3.8) is 0 Å². The van der Waals surface area contributed by atoms with E-state index in [-0.39, 0.29) is 5.91 Å². The van der Waals surface area contributed by atoms with Crippen LogP contribution in [-0.4, -0.2) is 29.7 Å². The molecule has 0 aromatic carbocycles. The Morgan fingerprint density at radius 2 is 1.59 bits per heavy atom. The summed E-state index contributed by atoms with van der Waals surface area (Å²) in [5.41, 5.74) is 4.99. The molecule has 0 saturated carbocycles. The summed E-state index contributed by atoms with van der Waals surface area (Å²) in [6.07, 6.45) is 9.79. The van der Waals surface area contributed by atoms with Gasteiger partial charge in [-0.3, -0.25) is 9.20 Å². The molecule has 4 aromatic rings. The fraction of sp³-hybridized carbons (Fsp3) is 0.364. The fourth-order valence-corrected chi connectivity index (χ4v) is 2.85. The monoisotopic (exact) mass is 392 g/mol. The van der Waals surface area contributed by atoms with Crippen molar-refractivity contribution in [1.82, 2.24) is 23.8 Å². The number of hydrogen-bond donors (Lipinski definition) is 1. The van der Waals surface area contributed by atoms with E-state index in [1.165, 1.54) is 6.92 Å². The summed E-state index contributed by atoms with van der Waals surface area (Å²) in [6, 6.07) is 3.75. The lowest BCUT2D eigenvalue weighted by atomic mass is 10.2. The summed E-state index contributed by atoms with van der Waals surface area (Å²) >= 11 is 0. The van der Waals surface area contributed by atoms with Gasteiger partial charge in [0.25, 0.3) is 0 Å². The van der Waals surface area contributed by atoms with Gasteiger partial charge in [-0.05, 0) is 36.5 Å². The van der Waals surface area contributed by atoms with E-state index in [2.05, 4.69) is 48.0 Å². The Morgan fingerprint density at radius 1 is 0.931 bits per heavy atom. The first kappa shape index (κ1) is 20.5. The zero-order chi connectivity index (χ0) is 21.1. The largest absolute Gasteiger partial charge is 0.325 e. The van der Waals surface area contributed by atoms with Crippen molar-refractivity contribution in [2.24, 2.45) is 0 Å². The van der Waals surface area contributed by atoms with Crippen LogP contribution in [0.25, 0.3) is 11.4 Å². The molecule has 0 saturated heterocycles. The molecule has 4 heterocycles. The second kappa shape index (κ2) is 8.43. The first-order valence-electron chi connectivity index (χ1n) is 9.80. The van der Waals surface area contributed by atoms with Crippen molar-refractivity contribution in [1.29, 1.82) is 0 Å². The number of aromatic nitrogens is 5. The van der Waals surface area contributed by atoms with Gasteiger partial charge >= 0.3 is 0 Å². The van der Waals surface area contributed by atoms with E-state index in [4.69, 9.17) is 0 Å². The Balaban J connectivity index is 0.000000169. The Kier molecular flexibility index (Phi) is 5.96. The zero-order valence-electron chi connectivity index (χ0n) is 17.8. The maximum Gasteiger partial charge on any atom is 0.233 e. The number of nitrogens with zero attached hydrogens (tertiary/aromatic N) is 5. The smallest absolute Gasteiger partial charge is 0.233 e. The van der Waals surface area contributed by atoms with E-state index < -0.39 is 0 Å². The number of fused-ring (bicyclic) bond motifs is 2. The Morgan fingerprint density at radius 3 is 2.24 bits per heavy atom. The van der Waals surface area contributed by atoms with Crippen LogP contribution in [0.4, 0.5) is 5.69 Å². The van der Waals surface area contributed by atoms with E-state index in [1.54, 1.807) is 0 Å². The van der Waals surface area contributed by atoms with Crippen LogP contribution in [0.15, 0.2) is 43.1 Å².